The molecule has 2 aromatic rings. The molecule has 0 unspecified atom stereocenters. The molecular weight excluding hydrogens is 290 g/mol. The molecule has 0 bridgehead atoms. The number of nitrogens with zero attached hydrogens (tertiary/aromatic N) is 2. The zero-order chi connectivity index (χ0) is 16.1. The predicted molar refractivity (Wildman–Crippen MR) is 78.8 cm³/mol. The van der Waals surface area contributed by atoms with Crippen LogP contribution in [0.2, 0.25) is 0 Å². The summed E-state index contributed by atoms with van der Waals surface area (Å²) < 4.78 is 26.3. The highest BCUT2D eigenvalue weighted by Gasteiger charge is 2.09. The lowest BCUT2D eigenvalue weighted by Gasteiger charge is -2.08. The van der Waals surface area contributed by atoms with E-state index in [9.17, 15) is 13.6 Å². The molecule has 1 amide bonds. The maximum Gasteiger partial charge on any atom is 0.271 e. The van der Waals surface area contributed by atoms with Crippen LogP contribution in [-0.2, 0) is 0 Å². The van der Waals surface area contributed by atoms with Crippen LogP contribution in [0, 0.1) is 17.6 Å². The fourth-order valence-corrected chi connectivity index (χ4v) is 1.63. The molecule has 5 nitrogen and oxygen atoms in total. The first kappa shape index (κ1) is 15.8. The molecular formula is C15H16F2N4O. The van der Waals surface area contributed by atoms with Crippen molar-refractivity contribution in [2.45, 2.75) is 13.8 Å². The molecule has 0 atom stereocenters. The zero-order valence-electron chi connectivity index (χ0n) is 12.2. The molecule has 1 aromatic carbocycles. The summed E-state index contributed by atoms with van der Waals surface area (Å²) in [7, 11) is 0. The maximum absolute atomic E-state index is 13.5. The van der Waals surface area contributed by atoms with Crippen LogP contribution >= 0.6 is 0 Å². The van der Waals surface area contributed by atoms with Crippen molar-refractivity contribution in [1.29, 1.82) is 0 Å². The Morgan fingerprint density at radius 1 is 1.23 bits per heavy atom. The Hall–Kier alpha value is -2.57. The Balaban J connectivity index is 2.04. The van der Waals surface area contributed by atoms with E-state index in [1.807, 2.05) is 13.8 Å². The van der Waals surface area contributed by atoms with Gasteiger partial charge in [-0.15, -0.1) is 0 Å². The Kier molecular flexibility index (Phi) is 4.98. The van der Waals surface area contributed by atoms with Crippen molar-refractivity contribution < 1.29 is 13.6 Å². The third-order valence-electron chi connectivity index (χ3n) is 2.75. The summed E-state index contributed by atoms with van der Waals surface area (Å²) in [5.74, 6) is -1.13. The van der Waals surface area contributed by atoms with E-state index < -0.39 is 11.6 Å². The van der Waals surface area contributed by atoms with E-state index >= 15 is 0 Å². The number of hydrogen-bond donors (Lipinski definition) is 2. The first-order valence-corrected chi connectivity index (χ1v) is 6.78. The lowest BCUT2D eigenvalue weighted by atomic mass is 10.2. The SMILES string of the molecule is CC(C)CNC(=O)c1cnc(Nc2ccc(F)cc2F)cn1. The van der Waals surface area contributed by atoms with E-state index in [1.165, 1.54) is 18.5 Å². The molecule has 2 rings (SSSR count). The first-order chi connectivity index (χ1) is 10.5. The summed E-state index contributed by atoms with van der Waals surface area (Å²) in [5, 5.41) is 5.39. The van der Waals surface area contributed by atoms with Crippen LogP contribution in [0.1, 0.15) is 24.3 Å². The van der Waals surface area contributed by atoms with Crippen molar-refractivity contribution in [1.82, 2.24) is 15.3 Å². The minimum absolute atomic E-state index is 0.0766. The second-order valence-electron chi connectivity index (χ2n) is 5.14. The molecule has 7 heteroatoms. The predicted octanol–water partition coefficient (Wildman–Crippen LogP) is 2.88. The number of aromatic nitrogens is 2. The van der Waals surface area contributed by atoms with Crippen LogP contribution in [0.3, 0.4) is 0 Å². The van der Waals surface area contributed by atoms with E-state index in [4.69, 9.17) is 0 Å². The van der Waals surface area contributed by atoms with Gasteiger partial charge >= 0.3 is 0 Å². The van der Waals surface area contributed by atoms with Crippen LogP contribution in [0.4, 0.5) is 20.3 Å². The van der Waals surface area contributed by atoms with Gasteiger partial charge in [-0.25, -0.2) is 18.7 Å². The fourth-order valence-electron chi connectivity index (χ4n) is 1.63. The van der Waals surface area contributed by atoms with Crippen LogP contribution < -0.4 is 10.6 Å². The monoisotopic (exact) mass is 306 g/mol. The highest BCUT2D eigenvalue weighted by Crippen LogP contribution is 2.18. The third kappa shape index (κ3) is 4.21. The number of anilines is 2. The standard InChI is InChI=1S/C15H16F2N4O/c1-9(2)6-20-15(22)13-7-19-14(8-18-13)21-12-4-3-10(16)5-11(12)17/h3-5,7-9H,6H2,1-2H3,(H,19,21)(H,20,22). The second-order valence-corrected chi connectivity index (χ2v) is 5.14. The third-order valence-corrected chi connectivity index (χ3v) is 2.75. The van der Waals surface area contributed by atoms with Gasteiger partial charge < -0.3 is 10.6 Å². The van der Waals surface area contributed by atoms with Crippen LogP contribution in [0.15, 0.2) is 30.6 Å². The molecule has 0 fully saturated rings. The smallest absolute Gasteiger partial charge is 0.271 e. The van der Waals surface area contributed by atoms with Gasteiger partial charge in [-0.1, -0.05) is 13.8 Å². The summed E-state index contributed by atoms with van der Waals surface area (Å²) in [6, 6.07) is 3.16. The van der Waals surface area contributed by atoms with Crippen molar-refractivity contribution >= 4 is 17.4 Å². The number of rotatable bonds is 5. The molecule has 2 N–H and O–H groups in total. The minimum Gasteiger partial charge on any atom is -0.350 e. The lowest BCUT2D eigenvalue weighted by Crippen LogP contribution is -2.28. The fraction of sp³-hybridized carbons (Fsp3) is 0.267. The van der Waals surface area contributed by atoms with Crippen molar-refractivity contribution in [2.24, 2.45) is 5.92 Å². The number of carbonyl (C=O) groups is 1. The van der Waals surface area contributed by atoms with Gasteiger partial charge in [-0.2, -0.15) is 0 Å². The van der Waals surface area contributed by atoms with Crippen LogP contribution in [0.25, 0.3) is 0 Å². The van der Waals surface area contributed by atoms with Crippen LogP contribution in [0.5, 0.6) is 0 Å². The zero-order valence-corrected chi connectivity index (χ0v) is 12.2. The maximum atomic E-state index is 13.5. The number of amides is 1. The van der Waals surface area contributed by atoms with Gasteiger partial charge in [0.05, 0.1) is 18.1 Å². The number of halogens is 2. The molecule has 0 aliphatic rings. The molecule has 0 saturated heterocycles. The van der Waals surface area contributed by atoms with Gasteiger partial charge in [-0.05, 0) is 18.1 Å². The highest BCUT2D eigenvalue weighted by atomic mass is 19.1. The van der Waals surface area contributed by atoms with E-state index in [0.717, 1.165) is 12.1 Å². The minimum atomic E-state index is -0.736. The van der Waals surface area contributed by atoms with Crippen molar-refractivity contribution in [2.75, 3.05) is 11.9 Å². The Labute approximate surface area is 126 Å². The quantitative estimate of drug-likeness (QED) is 0.891. The molecule has 22 heavy (non-hydrogen) atoms. The van der Waals surface area contributed by atoms with Crippen molar-refractivity contribution in [3.63, 3.8) is 0 Å². The normalized spacial score (nSPS) is 10.6. The second kappa shape index (κ2) is 6.93. The van der Waals surface area contributed by atoms with Gasteiger partial charge in [0.1, 0.15) is 23.1 Å². The van der Waals surface area contributed by atoms with Gasteiger partial charge in [0.15, 0.2) is 0 Å². The summed E-state index contributed by atoms with van der Waals surface area (Å²) in [6.45, 7) is 4.51. The van der Waals surface area contributed by atoms with Gasteiger partial charge in [-0.3, -0.25) is 4.79 Å². The van der Waals surface area contributed by atoms with Crippen LogP contribution in [-0.4, -0.2) is 22.4 Å². The number of hydrogen-bond acceptors (Lipinski definition) is 4. The van der Waals surface area contributed by atoms with E-state index in [0.29, 0.717) is 12.5 Å². The Bertz CT molecular complexity index is 659. The molecule has 1 heterocycles. The number of nitrogens with one attached hydrogen (secondary N) is 2. The Morgan fingerprint density at radius 2 is 2.00 bits per heavy atom. The van der Waals surface area contributed by atoms with E-state index in [2.05, 4.69) is 20.6 Å². The first-order valence-electron chi connectivity index (χ1n) is 6.78. The van der Waals surface area contributed by atoms with Gasteiger partial charge in [0.25, 0.3) is 5.91 Å². The molecule has 0 aliphatic carbocycles. The van der Waals surface area contributed by atoms with E-state index in [-0.39, 0.29) is 23.1 Å². The average Bonchev–Trinajstić information content (AvgIpc) is 2.48. The largest absolute Gasteiger partial charge is 0.350 e. The summed E-state index contributed by atoms with van der Waals surface area (Å²) in [5.41, 5.74) is 0.249. The van der Waals surface area contributed by atoms with Crippen molar-refractivity contribution in [3.05, 3.63) is 47.9 Å². The number of carbonyl (C=O) groups excluding carboxylic acids is 1. The molecule has 116 valence electrons. The van der Waals surface area contributed by atoms with E-state index in [1.54, 1.807) is 0 Å². The van der Waals surface area contributed by atoms with Gasteiger partial charge in [0.2, 0.25) is 0 Å². The highest BCUT2D eigenvalue weighted by molar-refractivity contribution is 5.92. The molecule has 0 spiro atoms. The topological polar surface area (TPSA) is 66.9 Å². The number of benzene rings is 1. The summed E-state index contributed by atoms with van der Waals surface area (Å²) in [6.07, 6.45) is 2.60. The average molecular weight is 306 g/mol. The Morgan fingerprint density at radius 3 is 2.59 bits per heavy atom. The molecule has 0 aliphatic heterocycles. The van der Waals surface area contributed by atoms with Gasteiger partial charge in [0, 0.05) is 12.6 Å². The van der Waals surface area contributed by atoms with Crippen molar-refractivity contribution in [3.8, 4) is 0 Å². The molecule has 0 radical (unpaired) electrons. The lowest BCUT2D eigenvalue weighted by molar-refractivity contribution is 0.0943. The molecule has 1 aromatic heterocycles. The molecule has 0 saturated carbocycles. The summed E-state index contributed by atoms with van der Waals surface area (Å²) >= 11 is 0. The summed E-state index contributed by atoms with van der Waals surface area (Å²) in [4.78, 5) is 19.7.